The topological polar surface area (TPSA) is 63.1 Å². The van der Waals surface area contributed by atoms with E-state index in [4.69, 9.17) is 0 Å². The van der Waals surface area contributed by atoms with E-state index in [1.807, 2.05) is 38.9 Å². The quantitative estimate of drug-likeness (QED) is 0.916. The van der Waals surface area contributed by atoms with Gasteiger partial charge in [-0.25, -0.2) is 4.98 Å². The Hall–Kier alpha value is -1.95. The number of fused-ring (bicyclic) bond motifs is 3. The van der Waals surface area contributed by atoms with E-state index < -0.39 is 0 Å². The minimum absolute atomic E-state index is 0.0800. The number of rotatable bonds is 2. The van der Waals surface area contributed by atoms with Crippen LogP contribution < -0.4 is 5.32 Å². The summed E-state index contributed by atoms with van der Waals surface area (Å²) in [5, 5.41) is 9.02. The van der Waals surface area contributed by atoms with Gasteiger partial charge in [-0.2, -0.15) is 5.10 Å². The van der Waals surface area contributed by atoms with Gasteiger partial charge in [-0.1, -0.05) is 0 Å². The Labute approximate surface area is 142 Å². The van der Waals surface area contributed by atoms with Crippen molar-refractivity contribution < 1.29 is 4.79 Å². The minimum Gasteiger partial charge on any atom is -0.339 e. The van der Waals surface area contributed by atoms with Crippen LogP contribution >= 0.6 is 0 Å². The van der Waals surface area contributed by atoms with E-state index in [1.54, 1.807) is 4.68 Å². The molecule has 2 aliphatic heterocycles. The van der Waals surface area contributed by atoms with Crippen molar-refractivity contribution in [1.29, 1.82) is 0 Å². The number of nitrogens with zero attached hydrogens (tertiary/aromatic N) is 4. The zero-order valence-corrected chi connectivity index (χ0v) is 14.8. The number of pyridine rings is 1. The lowest BCUT2D eigenvalue weighted by molar-refractivity contribution is 0.0680. The van der Waals surface area contributed by atoms with Crippen LogP contribution in [0.3, 0.4) is 0 Å². The van der Waals surface area contributed by atoms with Crippen molar-refractivity contribution >= 4 is 16.9 Å². The summed E-state index contributed by atoms with van der Waals surface area (Å²) in [6.45, 7) is 3.87. The van der Waals surface area contributed by atoms with E-state index in [0.717, 1.165) is 35.3 Å². The number of hydrogen-bond donors (Lipinski definition) is 1. The molecule has 1 amide bonds. The number of hydrogen-bond acceptors (Lipinski definition) is 4. The second-order valence-corrected chi connectivity index (χ2v) is 7.38. The van der Waals surface area contributed by atoms with Crippen LogP contribution in [0.5, 0.6) is 0 Å². The van der Waals surface area contributed by atoms with Gasteiger partial charge in [0.2, 0.25) is 0 Å². The van der Waals surface area contributed by atoms with E-state index >= 15 is 0 Å². The molecule has 1 N–H and O–H groups in total. The molecule has 2 aromatic heterocycles. The Kier molecular flexibility index (Phi) is 3.60. The van der Waals surface area contributed by atoms with Crippen LogP contribution in [0.1, 0.15) is 47.4 Å². The molecule has 0 saturated carbocycles. The zero-order valence-electron chi connectivity index (χ0n) is 14.8. The van der Waals surface area contributed by atoms with Crippen molar-refractivity contribution in [3.63, 3.8) is 0 Å². The number of aryl methyl sites for hydroxylation is 3. The molecular formula is C18H25N5O. The second-order valence-electron chi connectivity index (χ2n) is 7.38. The van der Waals surface area contributed by atoms with Crippen molar-refractivity contribution in [1.82, 2.24) is 25.0 Å². The zero-order chi connectivity index (χ0) is 17.0. The molecule has 2 bridgehead atoms. The maximum Gasteiger partial charge on any atom is 0.255 e. The number of piperidine rings is 1. The van der Waals surface area contributed by atoms with E-state index in [1.165, 1.54) is 12.8 Å². The predicted molar refractivity (Wildman–Crippen MR) is 93.0 cm³/mol. The molecular weight excluding hydrogens is 302 g/mol. The van der Waals surface area contributed by atoms with Crippen LogP contribution in [0, 0.1) is 13.8 Å². The van der Waals surface area contributed by atoms with Crippen LogP contribution in [0.2, 0.25) is 0 Å². The summed E-state index contributed by atoms with van der Waals surface area (Å²) in [5.41, 5.74) is 3.23. The van der Waals surface area contributed by atoms with Crippen molar-refractivity contribution in [3.05, 3.63) is 23.0 Å². The van der Waals surface area contributed by atoms with Gasteiger partial charge in [0.1, 0.15) is 0 Å². The van der Waals surface area contributed by atoms with Gasteiger partial charge in [0, 0.05) is 37.6 Å². The van der Waals surface area contributed by atoms with Crippen LogP contribution in [-0.2, 0) is 7.05 Å². The molecule has 2 atom stereocenters. The fourth-order valence-electron chi connectivity index (χ4n) is 4.35. The molecule has 6 heteroatoms. The van der Waals surface area contributed by atoms with E-state index in [-0.39, 0.29) is 5.91 Å². The normalized spacial score (nSPS) is 26.1. The largest absolute Gasteiger partial charge is 0.339 e. The highest BCUT2D eigenvalue weighted by atomic mass is 16.2. The van der Waals surface area contributed by atoms with Crippen molar-refractivity contribution in [2.24, 2.45) is 7.05 Å². The minimum atomic E-state index is 0.0800. The maximum atomic E-state index is 13.1. The summed E-state index contributed by atoms with van der Waals surface area (Å²) >= 11 is 0. The fraction of sp³-hybridized carbons (Fsp3) is 0.611. The summed E-state index contributed by atoms with van der Waals surface area (Å²) in [6.07, 6.45) is 4.59. The third kappa shape index (κ3) is 2.40. The lowest BCUT2D eigenvalue weighted by Gasteiger charge is -2.35. The monoisotopic (exact) mass is 327 g/mol. The van der Waals surface area contributed by atoms with E-state index in [9.17, 15) is 4.79 Å². The molecule has 0 radical (unpaired) electrons. The first-order valence-corrected chi connectivity index (χ1v) is 8.78. The average molecular weight is 327 g/mol. The summed E-state index contributed by atoms with van der Waals surface area (Å²) in [4.78, 5) is 19.7. The molecule has 4 rings (SSSR count). The molecule has 2 saturated heterocycles. The van der Waals surface area contributed by atoms with Gasteiger partial charge in [-0.05, 0) is 45.6 Å². The molecule has 2 aromatic rings. The van der Waals surface area contributed by atoms with Crippen molar-refractivity contribution in [2.45, 2.75) is 57.7 Å². The van der Waals surface area contributed by atoms with Crippen LogP contribution in [0.15, 0.2) is 6.07 Å². The van der Waals surface area contributed by atoms with Gasteiger partial charge >= 0.3 is 0 Å². The van der Waals surface area contributed by atoms with E-state index in [2.05, 4.69) is 15.4 Å². The summed E-state index contributed by atoms with van der Waals surface area (Å²) in [5.74, 6) is 0.0800. The number of carbonyl (C=O) groups is 1. The Morgan fingerprint density at radius 3 is 2.58 bits per heavy atom. The third-order valence-electron chi connectivity index (χ3n) is 5.74. The molecule has 4 heterocycles. The third-order valence-corrected chi connectivity index (χ3v) is 5.74. The first-order chi connectivity index (χ1) is 11.4. The van der Waals surface area contributed by atoms with Gasteiger partial charge in [0.05, 0.1) is 17.0 Å². The van der Waals surface area contributed by atoms with Crippen LogP contribution in [-0.4, -0.2) is 50.7 Å². The Balaban J connectivity index is 1.65. The molecule has 0 aromatic carbocycles. The first-order valence-electron chi connectivity index (χ1n) is 8.78. The molecule has 128 valence electrons. The smallest absolute Gasteiger partial charge is 0.255 e. The summed E-state index contributed by atoms with van der Waals surface area (Å²) in [6, 6.07) is 3.44. The van der Waals surface area contributed by atoms with Crippen molar-refractivity contribution in [2.75, 3.05) is 7.05 Å². The van der Waals surface area contributed by atoms with Crippen LogP contribution in [0.25, 0.3) is 11.0 Å². The standard InChI is InChI=1S/C18H25N5O/c1-10-16(9-15-11(2)21-23(4)17(15)19-10)18(24)22(3)14-7-12-5-6-13(8-14)20-12/h9,12-14,20H,5-8H2,1-4H3. The highest BCUT2D eigenvalue weighted by molar-refractivity contribution is 5.98. The maximum absolute atomic E-state index is 13.1. The molecule has 2 aliphatic rings. The lowest BCUT2D eigenvalue weighted by atomic mass is 9.97. The molecule has 0 spiro atoms. The fourth-order valence-corrected chi connectivity index (χ4v) is 4.35. The van der Waals surface area contributed by atoms with Crippen molar-refractivity contribution in [3.8, 4) is 0 Å². The SMILES string of the molecule is Cc1nc2c(cc1C(=O)N(C)C1CC3CCC(C1)N3)c(C)nn2C. The van der Waals surface area contributed by atoms with Crippen LogP contribution in [0.4, 0.5) is 0 Å². The highest BCUT2D eigenvalue weighted by Gasteiger charge is 2.36. The number of nitrogens with one attached hydrogen (secondary N) is 1. The summed E-state index contributed by atoms with van der Waals surface area (Å²) < 4.78 is 1.78. The first kappa shape index (κ1) is 15.6. The highest BCUT2D eigenvalue weighted by Crippen LogP contribution is 2.30. The Bertz CT molecular complexity index is 799. The molecule has 24 heavy (non-hydrogen) atoms. The average Bonchev–Trinajstić information content (AvgIpc) is 3.04. The van der Waals surface area contributed by atoms with Gasteiger partial charge in [-0.15, -0.1) is 0 Å². The molecule has 0 aliphatic carbocycles. The van der Waals surface area contributed by atoms with Gasteiger partial charge < -0.3 is 10.2 Å². The lowest BCUT2D eigenvalue weighted by Crippen LogP contribution is -2.48. The number of amides is 1. The Morgan fingerprint density at radius 2 is 1.92 bits per heavy atom. The Morgan fingerprint density at radius 1 is 1.25 bits per heavy atom. The number of aromatic nitrogens is 3. The van der Waals surface area contributed by atoms with Gasteiger partial charge in [0.25, 0.3) is 5.91 Å². The molecule has 6 nitrogen and oxygen atoms in total. The number of carbonyl (C=O) groups excluding carboxylic acids is 1. The second kappa shape index (κ2) is 5.55. The molecule has 2 unspecified atom stereocenters. The van der Waals surface area contributed by atoms with Gasteiger partial charge in [-0.3, -0.25) is 9.48 Å². The molecule has 2 fully saturated rings. The predicted octanol–water partition coefficient (Wildman–Crippen LogP) is 1.94. The van der Waals surface area contributed by atoms with E-state index in [0.29, 0.717) is 23.7 Å². The van der Waals surface area contributed by atoms with Gasteiger partial charge in [0.15, 0.2) is 5.65 Å². The summed E-state index contributed by atoms with van der Waals surface area (Å²) in [7, 11) is 3.83.